The summed E-state index contributed by atoms with van der Waals surface area (Å²) < 4.78 is 21.7. The summed E-state index contributed by atoms with van der Waals surface area (Å²) in [6.07, 6.45) is 3.26. The molecule has 0 saturated carbocycles. The summed E-state index contributed by atoms with van der Waals surface area (Å²) in [5.41, 5.74) is 2.18. The van der Waals surface area contributed by atoms with Gasteiger partial charge in [-0.15, -0.1) is 0 Å². The lowest BCUT2D eigenvalue weighted by Gasteiger charge is -2.12. The average molecular weight is 439 g/mol. The van der Waals surface area contributed by atoms with Crippen LogP contribution in [0.4, 0.5) is 0 Å². The van der Waals surface area contributed by atoms with E-state index in [4.69, 9.17) is 30.5 Å². The number of hydrogen-bond acceptors (Lipinski definition) is 5. The molecule has 0 aliphatic carbocycles. The minimum atomic E-state index is -0.148. The second-order valence-electron chi connectivity index (χ2n) is 6.56. The van der Waals surface area contributed by atoms with Crippen molar-refractivity contribution >= 4 is 23.5 Å². The van der Waals surface area contributed by atoms with Crippen LogP contribution in [0.5, 0.6) is 23.0 Å². The zero-order valence-electron chi connectivity index (χ0n) is 17.6. The van der Waals surface area contributed by atoms with E-state index < -0.39 is 0 Å². The lowest BCUT2D eigenvalue weighted by Crippen LogP contribution is -2.00. The number of hydrogen-bond donors (Lipinski definition) is 0. The van der Waals surface area contributed by atoms with Gasteiger partial charge in [-0.05, 0) is 54.1 Å². The number of carbonyl (C=O) groups excluding carboxylic acids is 1. The third-order valence-corrected chi connectivity index (χ3v) is 4.93. The van der Waals surface area contributed by atoms with Gasteiger partial charge in [-0.25, -0.2) is 0 Å². The maximum atomic E-state index is 12.6. The minimum absolute atomic E-state index is 0.148. The van der Waals surface area contributed by atoms with Gasteiger partial charge in [0.2, 0.25) is 0 Å². The monoisotopic (exact) mass is 438 g/mol. The van der Waals surface area contributed by atoms with Crippen molar-refractivity contribution < 1.29 is 23.7 Å². The molecule has 0 heterocycles. The maximum Gasteiger partial charge on any atom is 0.185 e. The van der Waals surface area contributed by atoms with Crippen molar-refractivity contribution in [3.63, 3.8) is 0 Å². The highest BCUT2D eigenvalue weighted by molar-refractivity contribution is 6.32. The van der Waals surface area contributed by atoms with E-state index in [1.54, 1.807) is 50.6 Å². The van der Waals surface area contributed by atoms with Crippen LogP contribution < -0.4 is 18.9 Å². The lowest BCUT2D eigenvalue weighted by atomic mass is 10.1. The molecule has 0 aliphatic heterocycles. The van der Waals surface area contributed by atoms with E-state index in [1.165, 1.54) is 13.2 Å². The van der Waals surface area contributed by atoms with Gasteiger partial charge < -0.3 is 18.9 Å². The first-order chi connectivity index (χ1) is 15.0. The summed E-state index contributed by atoms with van der Waals surface area (Å²) in [6, 6.07) is 18.0. The first-order valence-corrected chi connectivity index (χ1v) is 9.92. The Morgan fingerprint density at radius 3 is 2.26 bits per heavy atom. The van der Waals surface area contributed by atoms with E-state index in [-0.39, 0.29) is 12.4 Å². The molecular weight excluding hydrogens is 416 g/mol. The molecule has 31 heavy (non-hydrogen) atoms. The van der Waals surface area contributed by atoms with E-state index in [1.807, 2.05) is 30.3 Å². The fraction of sp³-hybridized carbons (Fsp3) is 0.160. The van der Waals surface area contributed by atoms with Gasteiger partial charge >= 0.3 is 0 Å². The molecule has 0 amide bonds. The number of carbonyl (C=O) groups is 1. The Hall–Kier alpha value is -3.44. The predicted octanol–water partition coefficient (Wildman–Crippen LogP) is 5.84. The largest absolute Gasteiger partial charge is 0.496 e. The third kappa shape index (κ3) is 5.58. The molecule has 3 rings (SSSR count). The Labute approximate surface area is 186 Å². The molecular formula is C25H23ClO5. The molecule has 0 atom stereocenters. The normalized spacial score (nSPS) is 10.7. The Morgan fingerprint density at radius 1 is 0.839 bits per heavy atom. The topological polar surface area (TPSA) is 54.0 Å². The molecule has 0 saturated heterocycles. The molecule has 0 N–H and O–H groups in total. The predicted molar refractivity (Wildman–Crippen MR) is 122 cm³/mol. The molecule has 0 bridgehead atoms. The van der Waals surface area contributed by atoms with Crippen molar-refractivity contribution in [3.8, 4) is 23.0 Å². The Morgan fingerprint density at radius 2 is 1.55 bits per heavy atom. The van der Waals surface area contributed by atoms with E-state index >= 15 is 0 Å². The van der Waals surface area contributed by atoms with Gasteiger partial charge in [-0.1, -0.05) is 35.9 Å². The smallest absolute Gasteiger partial charge is 0.185 e. The van der Waals surface area contributed by atoms with Gasteiger partial charge in [0.1, 0.15) is 18.1 Å². The van der Waals surface area contributed by atoms with Crippen molar-refractivity contribution in [3.05, 3.63) is 88.5 Å². The summed E-state index contributed by atoms with van der Waals surface area (Å²) in [4.78, 5) is 12.6. The number of allylic oxidation sites excluding steroid dienone is 1. The summed E-state index contributed by atoms with van der Waals surface area (Å²) in [6.45, 7) is 0.276. The van der Waals surface area contributed by atoms with Crippen LogP contribution in [0.25, 0.3) is 6.08 Å². The second-order valence-corrected chi connectivity index (χ2v) is 6.96. The number of benzene rings is 3. The molecule has 0 radical (unpaired) electrons. The van der Waals surface area contributed by atoms with Gasteiger partial charge in [0, 0.05) is 11.1 Å². The summed E-state index contributed by atoms with van der Waals surface area (Å²) >= 11 is 6.16. The van der Waals surface area contributed by atoms with Crippen LogP contribution >= 0.6 is 11.6 Å². The molecule has 6 heteroatoms. The lowest BCUT2D eigenvalue weighted by molar-refractivity contribution is 0.104. The van der Waals surface area contributed by atoms with Gasteiger partial charge in [0.15, 0.2) is 17.3 Å². The molecule has 0 unspecified atom stereocenters. The second kappa shape index (κ2) is 10.5. The third-order valence-electron chi connectivity index (χ3n) is 4.62. The van der Waals surface area contributed by atoms with Crippen LogP contribution in [0.3, 0.4) is 0 Å². The summed E-state index contributed by atoms with van der Waals surface area (Å²) in [5.74, 6) is 2.21. The van der Waals surface area contributed by atoms with Crippen molar-refractivity contribution in [1.82, 2.24) is 0 Å². The van der Waals surface area contributed by atoms with E-state index in [0.29, 0.717) is 33.6 Å². The highest BCUT2D eigenvalue weighted by Gasteiger charge is 2.10. The number of halogens is 1. The number of para-hydroxylation sites is 1. The zero-order valence-corrected chi connectivity index (χ0v) is 18.3. The first-order valence-electron chi connectivity index (χ1n) is 9.54. The van der Waals surface area contributed by atoms with E-state index in [0.717, 1.165) is 11.1 Å². The SMILES string of the molecule is COc1ccc(/C=C/C(=O)c2ccc(OC)c(OC)c2)cc1COc1ccccc1Cl. The minimum Gasteiger partial charge on any atom is -0.496 e. The van der Waals surface area contributed by atoms with Crippen LogP contribution in [-0.4, -0.2) is 27.1 Å². The van der Waals surface area contributed by atoms with E-state index in [2.05, 4.69) is 0 Å². The Balaban J connectivity index is 1.77. The molecule has 0 aromatic heterocycles. The van der Waals surface area contributed by atoms with Crippen LogP contribution in [-0.2, 0) is 6.61 Å². The Kier molecular flexibility index (Phi) is 7.57. The van der Waals surface area contributed by atoms with Gasteiger partial charge in [0.05, 0.1) is 26.4 Å². The number of methoxy groups -OCH3 is 3. The molecule has 3 aromatic rings. The van der Waals surface area contributed by atoms with Crippen LogP contribution in [0.2, 0.25) is 5.02 Å². The zero-order chi connectivity index (χ0) is 22.2. The van der Waals surface area contributed by atoms with Crippen molar-refractivity contribution in [2.45, 2.75) is 6.61 Å². The molecule has 3 aromatic carbocycles. The molecule has 0 spiro atoms. The van der Waals surface area contributed by atoms with Crippen LogP contribution in [0.1, 0.15) is 21.5 Å². The Bertz CT molecular complexity index is 1090. The van der Waals surface area contributed by atoms with Crippen LogP contribution in [0, 0.1) is 0 Å². The summed E-state index contributed by atoms with van der Waals surface area (Å²) in [5, 5.41) is 0.540. The van der Waals surface area contributed by atoms with Gasteiger partial charge in [-0.2, -0.15) is 0 Å². The highest BCUT2D eigenvalue weighted by Crippen LogP contribution is 2.29. The van der Waals surface area contributed by atoms with Gasteiger partial charge in [-0.3, -0.25) is 4.79 Å². The fourth-order valence-electron chi connectivity index (χ4n) is 2.99. The van der Waals surface area contributed by atoms with Crippen molar-refractivity contribution in [1.29, 1.82) is 0 Å². The van der Waals surface area contributed by atoms with Crippen LogP contribution in [0.15, 0.2) is 66.7 Å². The molecule has 160 valence electrons. The van der Waals surface area contributed by atoms with Crippen molar-refractivity contribution in [2.75, 3.05) is 21.3 Å². The highest BCUT2D eigenvalue weighted by atomic mass is 35.5. The van der Waals surface area contributed by atoms with Crippen molar-refractivity contribution in [2.24, 2.45) is 0 Å². The summed E-state index contributed by atoms with van der Waals surface area (Å²) in [7, 11) is 4.69. The quantitative estimate of drug-likeness (QED) is 0.310. The average Bonchev–Trinajstić information content (AvgIpc) is 2.81. The fourth-order valence-corrected chi connectivity index (χ4v) is 3.18. The molecule has 0 fully saturated rings. The number of ketones is 1. The van der Waals surface area contributed by atoms with Gasteiger partial charge in [0.25, 0.3) is 0 Å². The standard InChI is InChI=1S/C25H23ClO5/c1-28-22-12-9-17(14-19(22)16-31-23-7-5-4-6-20(23)26)8-11-21(27)18-10-13-24(29-2)25(15-18)30-3/h4-15H,16H2,1-3H3/b11-8+. The van der Waals surface area contributed by atoms with E-state index in [9.17, 15) is 4.79 Å². The molecule has 0 aliphatic rings. The number of ether oxygens (including phenoxy) is 4. The first kappa shape index (κ1) is 22.2. The maximum absolute atomic E-state index is 12.6. The number of rotatable bonds is 9. The molecule has 5 nitrogen and oxygen atoms in total.